The lowest BCUT2D eigenvalue weighted by Gasteiger charge is -2.65. The predicted octanol–water partition coefficient (Wildman–Crippen LogP) is 6.59. The summed E-state index contributed by atoms with van der Waals surface area (Å²) in [5, 5.41) is 13.1. The van der Waals surface area contributed by atoms with Gasteiger partial charge in [-0.25, -0.2) is 0 Å². The molecule has 5 atom stereocenters. The molecule has 1 saturated heterocycles. The molecule has 1 saturated carbocycles. The molecule has 4 aliphatic rings. The first kappa shape index (κ1) is 34.3. The highest BCUT2D eigenvalue weighted by molar-refractivity contribution is 5.92. The molecule has 2 bridgehead atoms. The van der Waals surface area contributed by atoms with E-state index >= 15 is 0 Å². The number of piperidine rings is 1. The van der Waals surface area contributed by atoms with Crippen molar-refractivity contribution in [2.75, 3.05) is 19.6 Å². The number of likely N-dealkylation sites (tertiary alicyclic amines) is 1. The van der Waals surface area contributed by atoms with Gasteiger partial charge in [-0.1, -0.05) is 62.4 Å². The number of hydrogen-bond donors (Lipinski definition) is 1. The fourth-order valence-electron chi connectivity index (χ4n) is 9.20. The monoisotopic (exact) mass is 688 g/mol. The molecule has 0 unspecified atom stereocenters. The Hall–Kier alpha value is -4.15. The molecule has 1 N–H and O–H groups in total. The molecule has 2 fully saturated rings. The fraction of sp³-hybridized carbons (Fsp3) is 0.450. The van der Waals surface area contributed by atoms with E-state index in [0.717, 1.165) is 42.8 Å². The van der Waals surface area contributed by atoms with Crippen LogP contribution in [0.15, 0.2) is 72.8 Å². The maximum Gasteiger partial charge on any atom is 0.416 e. The van der Waals surface area contributed by atoms with Gasteiger partial charge in [-0.2, -0.15) is 13.2 Å². The molecule has 2 aliphatic carbocycles. The molecule has 50 heavy (non-hydrogen) atoms. The Labute approximate surface area is 290 Å². The van der Waals surface area contributed by atoms with Crippen LogP contribution in [-0.4, -0.2) is 70.2 Å². The molecule has 2 aliphatic heterocycles. The van der Waals surface area contributed by atoms with Crippen LogP contribution in [0.1, 0.15) is 67.9 Å². The van der Waals surface area contributed by atoms with Gasteiger partial charge in [0.2, 0.25) is 5.91 Å². The zero-order valence-corrected chi connectivity index (χ0v) is 28.6. The number of halogens is 3. The number of esters is 1. The Morgan fingerprint density at radius 2 is 1.88 bits per heavy atom. The normalized spacial score (nSPS) is 26.8. The molecular formula is C40H43F3N2O5. The summed E-state index contributed by atoms with van der Waals surface area (Å²) < 4.78 is 52.7. The number of rotatable bonds is 9. The van der Waals surface area contributed by atoms with Crippen molar-refractivity contribution in [2.24, 2.45) is 5.92 Å². The standard InChI is InChI=1S/C40H43F3N2O5/c1-25(2)24-45(34(47)15-12-28-10-7-11-30(22-28)40(41,42)43)31-16-18-39(48)33-23-29-13-14-32(49-26(3)46)36-35(29)38(39,37(31)50-36)19-21-44(33)20-17-27-8-5-4-6-9-27/h4-15,22,25,31,33,37,48H,16-21,23-24H2,1-3H3/t31-,33-,37+,38+,39-/m1/s1. The van der Waals surface area contributed by atoms with Crippen LogP contribution in [0.4, 0.5) is 13.2 Å². The van der Waals surface area contributed by atoms with Gasteiger partial charge in [-0.3, -0.25) is 14.5 Å². The van der Waals surface area contributed by atoms with Crippen LogP contribution in [-0.2, 0) is 34.0 Å². The SMILES string of the molecule is CC(=O)Oc1ccc2c3c1O[C@H]1[C@H](N(CC(C)C)C(=O)C=Cc4cccc(C(F)(F)F)c4)CC[C@@]4(O)[C@@H](C2)N(CCc2ccccc2)CC[C@]314. The molecule has 10 heteroatoms. The number of carbonyl (C=O) groups excluding carboxylic acids is 2. The summed E-state index contributed by atoms with van der Waals surface area (Å²) in [5.74, 6) is 0.0207. The van der Waals surface area contributed by atoms with Crippen molar-refractivity contribution < 1.29 is 37.3 Å². The summed E-state index contributed by atoms with van der Waals surface area (Å²) in [6.07, 6.45) is 0.581. The van der Waals surface area contributed by atoms with Crippen molar-refractivity contribution in [3.63, 3.8) is 0 Å². The van der Waals surface area contributed by atoms with E-state index in [-0.39, 0.29) is 23.4 Å². The fourth-order valence-corrected chi connectivity index (χ4v) is 9.20. The highest BCUT2D eigenvalue weighted by atomic mass is 19.4. The molecule has 3 aromatic rings. The Bertz CT molecular complexity index is 1810. The second-order valence-electron chi connectivity index (χ2n) is 14.6. The number of carbonyl (C=O) groups is 2. The summed E-state index contributed by atoms with van der Waals surface area (Å²) in [6.45, 7) is 7.25. The Kier molecular flexibility index (Phi) is 8.83. The van der Waals surface area contributed by atoms with Crippen LogP contribution in [0.25, 0.3) is 6.08 Å². The molecule has 2 heterocycles. The van der Waals surface area contributed by atoms with Crippen molar-refractivity contribution in [3.8, 4) is 11.5 Å². The lowest BCUT2D eigenvalue weighted by molar-refractivity contribution is -0.201. The second-order valence-corrected chi connectivity index (χ2v) is 14.6. The van der Waals surface area contributed by atoms with Crippen LogP contribution in [0.5, 0.6) is 11.5 Å². The van der Waals surface area contributed by atoms with E-state index in [1.165, 1.54) is 36.8 Å². The minimum absolute atomic E-state index is 0.0779. The van der Waals surface area contributed by atoms with E-state index in [0.29, 0.717) is 43.7 Å². The largest absolute Gasteiger partial charge is 0.483 e. The van der Waals surface area contributed by atoms with Crippen molar-refractivity contribution in [1.29, 1.82) is 0 Å². The molecule has 0 radical (unpaired) electrons. The van der Waals surface area contributed by atoms with Crippen molar-refractivity contribution in [1.82, 2.24) is 9.80 Å². The summed E-state index contributed by atoms with van der Waals surface area (Å²) in [5.41, 5.74) is 0.617. The number of aliphatic hydroxyl groups is 1. The number of nitrogens with zero attached hydrogens (tertiary/aromatic N) is 2. The Morgan fingerprint density at radius 3 is 2.60 bits per heavy atom. The van der Waals surface area contributed by atoms with Crippen molar-refractivity contribution in [3.05, 3.63) is 101 Å². The molecule has 3 aromatic carbocycles. The van der Waals surface area contributed by atoms with E-state index in [9.17, 15) is 27.9 Å². The molecule has 0 aromatic heterocycles. The topological polar surface area (TPSA) is 79.3 Å². The van der Waals surface area contributed by atoms with Crippen molar-refractivity contribution in [2.45, 2.75) is 88.3 Å². The summed E-state index contributed by atoms with van der Waals surface area (Å²) >= 11 is 0. The number of amides is 1. The average Bonchev–Trinajstić information content (AvgIpc) is 3.43. The van der Waals surface area contributed by atoms with E-state index in [1.54, 1.807) is 11.0 Å². The predicted molar refractivity (Wildman–Crippen MR) is 183 cm³/mol. The third kappa shape index (κ3) is 5.80. The van der Waals surface area contributed by atoms with Gasteiger partial charge in [0.15, 0.2) is 11.5 Å². The molecule has 264 valence electrons. The maximum absolute atomic E-state index is 14.1. The number of hydrogen-bond acceptors (Lipinski definition) is 6. The first-order valence-electron chi connectivity index (χ1n) is 17.5. The maximum atomic E-state index is 14.1. The first-order valence-corrected chi connectivity index (χ1v) is 17.5. The third-order valence-corrected chi connectivity index (χ3v) is 11.2. The van der Waals surface area contributed by atoms with Gasteiger partial charge in [0.05, 0.1) is 22.6 Å². The smallest absolute Gasteiger partial charge is 0.416 e. The summed E-state index contributed by atoms with van der Waals surface area (Å²) in [7, 11) is 0. The quantitative estimate of drug-likeness (QED) is 0.155. The minimum atomic E-state index is -4.50. The van der Waals surface area contributed by atoms with Gasteiger partial charge in [-0.15, -0.1) is 0 Å². The minimum Gasteiger partial charge on any atom is -0.483 e. The van der Waals surface area contributed by atoms with Crippen LogP contribution >= 0.6 is 0 Å². The first-order chi connectivity index (χ1) is 23.8. The van der Waals surface area contributed by atoms with Gasteiger partial charge in [-0.05, 0) is 85.5 Å². The second kappa shape index (κ2) is 12.9. The third-order valence-electron chi connectivity index (χ3n) is 11.2. The van der Waals surface area contributed by atoms with E-state index < -0.39 is 40.9 Å². The number of benzene rings is 3. The zero-order valence-electron chi connectivity index (χ0n) is 28.6. The zero-order chi connectivity index (χ0) is 35.4. The molecule has 7 nitrogen and oxygen atoms in total. The van der Waals surface area contributed by atoms with E-state index in [4.69, 9.17) is 9.47 Å². The molecule has 7 rings (SSSR count). The number of ether oxygens (including phenoxy) is 2. The van der Waals surface area contributed by atoms with Gasteiger partial charge in [0.25, 0.3) is 0 Å². The van der Waals surface area contributed by atoms with Gasteiger partial charge >= 0.3 is 12.1 Å². The van der Waals surface area contributed by atoms with Crippen LogP contribution in [0.2, 0.25) is 0 Å². The molecular weight excluding hydrogens is 645 g/mol. The van der Waals surface area contributed by atoms with Crippen molar-refractivity contribution >= 4 is 18.0 Å². The number of alkyl halides is 3. The lowest BCUT2D eigenvalue weighted by Crippen LogP contribution is -2.78. The highest BCUT2D eigenvalue weighted by Gasteiger charge is 2.73. The van der Waals surface area contributed by atoms with Crippen LogP contribution in [0, 0.1) is 5.92 Å². The summed E-state index contributed by atoms with van der Waals surface area (Å²) in [6, 6.07) is 18.3. The molecule has 1 spiro atoms. The van der Waals surface area contributed by atoms with E-state index in [1.807, 2.05) is 38.1 Å². The summed E-state index contributed by atoms with van der Waals surface area (Å²) in [4.78, 5) is 30.5. The molecule has 1 amide bonds. The van der Waals surface area contributed by atoms with Crippen LogP contribution < -0.4 is 9.47 Å². The van der Waals surface area contributed by atoms with Gasteiger partial charge < -0.3 is 19.5 Å². The Morgan fingerprint density at radius 1 is 1.10 bits per heavy atom. The van der Waals surface area contributed by atoms with Gasteiger partial charge in [0.1, 0.15) is 6.10 Å². The highest BCUT2D eigenvalue weighted by Crippen LogP contribution is 2.66. The lowest BCUT2D eigenvalue weighted by atomic mass is 9.48. The van der Waals surface area contributed by atoms with E-state index in [2.05, 4.69) is 17.0 Å². The Balaban J connectivity index is 1.26. The average molecular weight is 689 g/mol. The van der Waals surface area contributed by atoms with Gasteiger partial charge in [0, 0.05) is 37.7 Å². The van der Waals surface area contributed by atoms with Crippen LogP contribution in [0.3, 0.4) is 0 Å².